The minimum atomic E-state index is -3.81. The number of sulfonamides is 1. The molecule has 37 heavy (non-hydrogen) atoms. The normalized spacial score (nSPS) is 11.9. The Kier molecular flexibility index (Phi) is 9.71. The van der Waals surface area contributed by atoms with Crippen LogP contribution in [0.4, 0.5) is 5.69 Å². The van der Waals surface area contributed by atoms with Crippen molar-refractivity contribution in [3.05, 3.63) is 94.5 Å². The fraction of sp³-hybridized carbons (Fsp3) is 0.259. The first-order valence-electron chi connectivity index (χ1n) is 11.5. The number of hydrogen-bond acceptors (Lipinski definition) is 5. The summed E-state index contributed by atoms with van der Waals surface area (Å²) in [5.41, 5.74) is 1.95. The monoisotopic (exact) mass is 587 g/mol. The van der Waals surface area contributed by atoms with E-state index in [2.05, 4.69) is 21.2 Å². The topological polar surface area (TPSA) is 96.0 Å². The molecule has 3 rings (SSSR count). The van der Waals surface area contributed by atoms with Crippen LogP contribution in [0.2, 0.25) is 0 Å². The van der Waals surface area contributed by atoms with Crippen molar-refractivity contribution in [2.24, 2.45) is 0 Å². The predicted molar refractivity (Wildman–Crippen MR) is 148 cm³/mol. The quantitative estimate of drug-likeness (QED) is 0.370. The van der Waals surface area contributed by atoms with Gasteiger partial charge in [-0.3, -0.25) is 13.9 Å². The van der Waals surface area contributed by atoms with Gasteiger partial charge in [-0.15, -0.1) is 0 Å². The number of anilines is 1. The number of carbonyl (C=O) groups is 2. The number of ether oxygens (including phenoxy) is 1. The van der Waals surface area contributed by atoms with Gasteiger partial charge in [-0.25, -0.2) is 8.42 Å². The first kappa shape index (κ1) is 28.2. The molecular weight excluding hydrogens is 558 g/mol. The molecule has 0 heterocycles. The highest BCUT2D eigenvalue weighted by Crippen LogP contribution is 2.24. The molecule has 0 bridgehead atoms. The third-order valence-electron chi connectivity index (χ3n) is 5.78. The van der Waals surface area contributed by atoms with Gasteiger partial charge in [-0.2, -0.15) is 0 Å². The number of carbonyl (C=O) groups excluding carboxylic acids is 2. The second kappa shape index (κ2) is 12.7. The number of hydrogen-bond donors (Lipinski definition) is 1. The van der Waals surface area contributed by atoms with E-state index in [-0.39, 0.29) is 18.9 Å². The number of likely N-dealkylation sites (N-methyl/N-ethyl adjacent to an activating group) is 1. The van der Waals surface area contributed by atoms with E-state index in [0.717, 1.165) is 21.7 Å². The number of methoxy groups -OCH3 is 1. The van der Waals surface area contributed by atoms with Crippen LogP contribution in [0.3, 0.4) is 0 Å². The van der Waals surface area contributed by atoms with E-state index in [9.17, 15) is 18.0 Å². The summed E-state index contributed by atoms with van der Waals surface area (Å²) >= 11 is 3.36. The van der Waals surface area contributed by atoms with Crippen molar-refractivity contribution in [1.82, 2.24) is 10.2 Å². The molecule has 10 heteroatoms. The predicted octanol–water partition coefficient (Wildman–Crippen LogP) is 3.61. The zero-order valence-corrected chi connectivity index (χ0v) is 23.3. The van der Waals surface area contributed by atoms with Crippen LogP contribution < -0.4 is 14.4 Å². The summed E-state index contributed by atoms with van der Waals surface area (Å²) < 4.78 is 32.5. The van der Waals surface area contributed by atoms with Gasteiger partial charge in [0.15, 0.2) is 0 Å². The highest BCUT2D eigenvalue weighted by Gasteiger charge is 2.32. The Morgan fingerprint density at radius 3 is 2.27 bits per heavy atom. The van der Waals surface area contributed by atoms with Crippen LogP contribution >= 0.6 is 15.9 Å². The third-order valence-corrected chi connectivity index (χ3v) is 7.41. The summed E-state index contributed by atoms with van der Waals surface area (Å²) in [5, 5.41) is 2.66. The molecule has 1 N–H and O–H groups in total. The molecule has 0 unspecified atom stereocenters. The minimum absolute atomic E-state index is 0.0804. The van der Waals surface area contributed by atoms with Gasteiger partial charge in [-0.05, 0) is 41.5 Å². The molecule has 1 atom stereocenters. The van der Waals surface area contributed by atoms with Gasteiger partial charge in [-0.1, -0.05) is 64.5 Å². The number of benzene rings is 3. The van der Waals surface area contributed by atoms with Gasteiger partial charge in [0, 0.05) is 24.5 Å². The number of nitrogens with zero attached hydrogens (tertiary/aromatic N) is 2. The Bertz CT molecular complexity index is 1330. The number of nitrogens with one attached hydrogen (secondary N) is 1. The second-order valence-electron chi connectivity index (χ2n) is 8.44. The number of halogens is 1. The highest BCUT2D eigenvalue weighted by molar-refractivity contribution is 9.10. The second-order valence-corrected chi connectivity index (χ2v) is 11.3. The third kappa shape index (κ3) is 7.80. The molecule has 0 saturated carbocycles. The average Bonchev–Trinajstić information content (AvgIpc) is 2.88. The van der Waals surface area contributed by atoms with E-state index in [4.69, 9.17) is 4.74 Å². The summed E-state index contributed by atoms with van der Waals surface area (Å²) in [6.07, 6.45) is 1.31. The summed E-state index contributed by atoms with van der Waals surface area (Å²) in [6.45, 7) is -0.390. The minimum Gasteiger partial charge on any atom is -0.497 e. The van der Waals surface area contributed by atoms with E-state index >= 15 is 0 Å². The first-order chi connectivity index (χ1) is 17.6. The molecule has 0 aliphatic rings. The SMILES string of the molecule is CNC(=O)[C@@H](Cc1ccccc1)N(Cc1cccc(OC)c1)C(=O)CN(c1cccc(Br)c1)S(C)(=O)=O. The zero-order chi connectivity index (χ0) is 27.0. The van der Waals surface area contributed by atoms with Gasteiger partial charge in [0.1, 0.15) is 18.3 Å². The van der Waals surface area contributed by atoms with E-state index in [1.807, 2.05) is 36.4 Å². The lowest BCUT2D eigenvalue weighted by Crippen LogP contribution is -2.52. The zero-order valence-electron chi connectivity index (χ0n) is 20.9. The van der Waals surface area contributed by atoms with E-state index in [0.29, 0.717) is 15.9 Å². The smallest absolute Gasteiger partial charge is 0.244 e. The lowest BCUT2D eigenvalue weighted by molar-refractivity contribution is -0.139. The maximum Gasteiger partial charge on any atom is 0.244 e. The van der Waals surface area contributed by atoms with E-state index in [1.54, 1.807) is 49.6 Å². The summed E-state index contributed by atoms with van der Waals surface area (Å²) in [4.78, 5) is 28.4. The van der Waals surface area contributed by atoms with E-state index in [1.165, 1.54) is 11.9 Å². The Morgan fingerprint density at radius 1 is 0.973 bits per heavy atom. The van der Waals surface area contributed by atoms with Crippen LogP contribution in [0.1, 0.15) is 11.1 Å². The van der Waals surface area contributed by atoms with Crippen molar-refractivity contribution >= 4 is 43.5 Å². The molecular formula is C27H30BrN3O5S. The highest BCUT2D eigenvalue weighted by atomic mass is 79.9. The van der Waals surface area contributed by atoms with Gasteiger partial charge in [0.25, 0.3) is 0 Å². The molecule has 196 valence electrons. The summed E-state index contributed by atoms with van der Waals surface area (Å²) in [6, 6.07) is 22.4. The molecule has 0 saturated heterocycles. The Labute approximate surface area is 226 Å². The number of amides is 2. The Morgan fingerprint density at radius 2 is 1.65 bits per heavy atom. The van der Waals surface area contributed by atoms with Crippen molar-refractivity contribution in [2.75, 3.05) is 31.3 Å². The molecule has 0 spiro atoms. The van der Waals surface area contributed by atoms with Gasteiger partial charge >= 0.3 is 0 Å². The van der Waals surface area contributed by atoms with Crippen molar-refractivity contribution in [3.63, 3.8) is 0 Å². The molecule has 0 radical (unpaired) electrons. The van der Waals surface area contributed by atoms with E-state index < -0.39 is 28.5 Å². The van der Waals surface area contributed by atoms with Crippen LogP contribution in [0.5, 0.6) is 5.75 Å². The fourth-order valence-electron chi connectivity index (χ4n) is 3.93. The van der Waals surface area contributed by atoms with Gasteiger partial charge in [0.2, 0.25) is 21.8 Å². The van der Waals surface area contributed by atoms with Gasteiger partial charge < -0.3 is 15.0 Å². The standard InChI is InChI=1S/C27H30BrN3O5S/c1-29-27(33)25(16-20-9-5-4-6-10-20)30(18-21-11-7-14-24(15-21)36-2)26(32)19-31(37(3,34)35)23-13-8-12-22(28)17-23/h4-15,17,25H,16,18-19H2,1-3H3,(H,29,33)/t25-/m1/s1. The number of rotatable bonds is 11. The van der Waals surface area contributed by atoms with Crippen LogP contribution in [0.25, 0.3) is 0 Å². The molecule has 2 amide bonds. The van der Waals surface area contributed by atoms with Crippen LogP contribution in [-0.4, -0.2) is 58.1 Å². The summed E-state index contributed by atoms with van der Waals surface area (Å²) in [5.74, 6) is -0.262. The lowest BCUT2D eigenvalue weighted by atomic mass is 10.0. The maximum atomic E-state index is 13.9. The summed E-state index contributed by atoms with van der Waals surface area (Å²) in [7, 11) is -0.752. The van der Waals surface area contributed by atoms with Crippen LogP contribution in [0.15, 0.2) is 83.3 Å². The largest absolute Gasteiger partial charge is 0.497 e. The fourth-order valence-corrected chi connectivity index (χ4v) is 5.16. The molecule has 0 aromatic heterocycles. The Hall–Kier alpha value is -3.37. The molecule has 0 aliphatic heterocycles. The molecule has 8 nitrogen and oxygen atoms in total. The van der Waals surface area contributed by atoms with Crippen molar-refractivity contribution in [2.45, 2.75) is 19.0 Å². The molecule has 3 aromatic rings. The lowest BCUT2D eigenvalue weighted by Gasteiger charge is -2.33. The van der Waals surface area contributed by atoms with Crippen LogP contribution in [-0.2, 0) is 32.6 Å². The molecule has 0 fully saturated rings. The molecule has 3 aromatic carbocycles. The van der Waals surface area contributed by atoms with Crippen molar-refractivity contribution < 1.29 is 22.7 Å². The van der Waals surface area contributed by atoms with Crippen molar-refractivity contribution in [3.8, 4) is 5.75 Å². The van der Waals surface area contributed by atoms with Gasteiger partial charge in [0.05, 0.1) is 19.1 Å². The van der Waals surface area contributed by atoms with Crippen molar-refractivity contribution in [1.29, 1.82) is 0 Å². The molecule has 0 aliphatic carbocycles. The van der Waals surface area contributed by atoms with Crippen LogP contribution in [0, 0.1) is 0 Å². The first-order valence-corrected chi connectivity index (χ1v) is 14.2. The maximum absolute atomic E-state index is 13.9. The Balaban J connectivity index is 2.03. The average molecular weight is 589 g/mol.